The molecule has 2 aromatic heterocycles. The summed E-state index contributed by atoms with van der Waals surface area (Å²) in [5.74, 6) is 1.55. The Morgan fingerprint density at radius 1 is 1.24 bits per heavy atom. The maximum Gasteiger partial charge on any atom is 0.242 e. The summed E-state index contributed by atoms with van der Waals surface area (Å²) in [6.07, 6.45) is 5.59. The Morgan fingerprint density at radius 3 is 2.84 bits per heavy atom. The Hall–Kier alpha value is -2.73. The topological polar surface area (TPSA) is 71.8 Å². The fraction of sp³-hybridized carbons (Fsp3) is 0.316. The summed E-state index contributed by atoms with van der Waals surface area (Å²) < 4.78 is 2.07. The first-order valence-electron chi connectivity index (χ1n) is 8.54. The van der Waals surface area contributed by atoms with Crippen molar-refractivity contribution in [2.24, 2.45) is 7.05 Å². The van der Waals surface area contributed by atoms with Gasteiger partial charge in [-0.1, -0.05) is 12.1 Å². The summed E-state index contributed by atoms with van der Waals surface area (Å²) in [5.41, 5.74) is 2.16. The van der Waals surface area contributed by atoms with E-state index >= 15 is 0 Å². The van der Waals surface area contributed by atoms with Crippen molar-refractivity contribution in [1.29, 1.82) is 0 Å². The van der Waals surface area contributed by atoms with Gasteiger partial charge in [-0.2, -0.15) is 0 Å². The van der Waals surface area contributed by atoms with Crippen LogP contribution in [0.25, 0.3) is 22.0 Å². The summed E-state index contributed by atoms with van der Waals surface area (Å²) >= 11 is 0. The molecule has 1 aliphatic heterocycles. The molecule has 6 nitrogen and oxygen atoms in total. The lowest BCUT2D eigenvalue weighted by molar-refractivity contribution is -0.117. The third kappa shape index (κ3) is 3.00. The SMILES string of the molecule is Cc1ncc(-c2ccc3cnc(NC(=O)[C@H]4CCCN4)cc3c2)n1C. The second-order valence-corrected chi connectivity index (χ2v) is 6.52. The minimum absolute atomic E-state index is 0.0113. The van der Waals surface area contributed by atoms with Crippen LogP contribution in [0.5, 0.6) is 0 Å². The van der Waals surface area contributed by atoms with E-state index in [0.717, 1.165) is 47.2 Å². The number of imidazole rings is 1. The Morgan fingerprint density at radius 2 is 2.12 bits per heavy atom. The average molecular weight is 335 g/mol. The average Bonchev–Trinajstić information content (AvgIpc) is 3.26. The number of hydrogen-bond donors (Lipinski definition) is 2. The highest BCUT2D eigenvalue weighted by Gasteiger charge is 2.22. The number of rotatable bonds is 3. The highest BCUT2D eigenvalue weighted by atomic mass is 16.2. The highest BCUT2D eigenvalue weighted by Crippen LogP contribution is 2.26. The maximum absolute atomic E-state index is 12.3. The van der Waals surface area contributed by atoms with Crippen LogP contribution in [0.2, 0.25) is 0 Å². The van der Waals surface area contributed by atoms with Gasteiger partial charge in [0, 0.05) is 24.2 Å². The Balaban J connectivity index is 1.64. The van der Waals surface area contributed by atoms with Crippen molar-refractivity contribution >= 4 is 22.5 Å². The van der Waals surface area contributed by atoms with E-state index in [1.165, 1.54) is 0 Å². The fourth-order valence-corrected chi connectivity index (χ4v) is 3.26. The number of anilines is 1. The van der Waals surface area contributed by atoms with E-state index in [-0.39, 0.29) is 11.9 Å². The number of nitrogens with one attached hydrogen (secondary N) is 2. The second-order valence-electron chi connectivity index (χ2n) is 6.52. The predicted octanol–water partition coefficient (Wildman–Crippen LogP) is 2.63. The lowest BCUT2D eigenvalue weighted by atomic mass is 10.1. The summed E-state index contributed by atoms with van der Waals surface area (Å²) in [4.78, 5) is 21.0. The van der Waals surface area contributed by atoms with Crippen molar-refractivity contribution < 1.29 is 4.79 Å². The zero-order valence-corrected chi connectivity index (χ0v) is 14.4. The molecule has 6 heteroatoms. The minimum Gasteiger partial charge on any atom is -0.331 e. The molecule has 0 bridgehead atoms. The molecule has 25 heavy (non-hydrogen) atoms. The number of carbonyl (C=O) groups excluding carboxylic acids is 1. The number of fused-ring (bicyclic) bond motifs is 1. The zero-order valence-electron chi connectivity index (χ0n) is 14.4. The second kappa shape index (κ2) is 6.29. The van der Waals surface area contributed by atoms with Crippen LogP contribution in [0.3, 0.4) is 0 Å². The monoisotopic (exact) mass is 335 g/mol. The van der Waals surface area contributed by atoms with Crippen LogP contribution >= 0.6 is 0 Å². The molecule has 1 fully saturated rings. The first kappa shape index (κ1) is 15.8. The van der Waals surface area contributed by atoms with Gasteiger partial charge < -0.3 is 15.2 Å². The Kier molecular flexibility index (Phi) is 3.97. The molecule has 0 spiro atoms. The van der Waals surface area contributed by atoms with Gasteiger partial charge in [-0.25, -0.2) is 9.97 Å². The Bertz CT molecular complexity index is 940. The summed E-state index contributed by atoms with van der Waals surface area (Å²) in [6.45, 7) is 2.88. The van der Waals surface area contributed by atoms with Crippen LogP contribution in [0.4, 0.5) is 5.82 Å². The lowest BCUT2D eigenvalue weighted by Gasteiger charge is -2.11. The van der Waals surface area contributed by atoms with Gasteiger partial charge in [0.2, 0.25) is 5.91 Å². The van der Waals surface area contributed by atoms with Gasteiger partial charge in [-0.3, -0.25) is 4.79 Å². The molecule has 0 aliphatic carbocycles. The highest BCUT2D eigenvalue weighted by molar-refractivity contribution is 5.96. The van der Waals surface area contributed by atoms with Crippen molar-refractivity contribution in [3.8, 4) is 11.3 Å². The molecule has 1 aliphatic rings. The molecule has 3 aromatic rings. The van der Waals surface area contributed by atoms with Gasteiger partial charge in [0.25, 0.3) is 0 Å². The van der Waals surface area contributed by atoms with E-state index in [0.29, 0.717) is 5.82 Å². The first-order chi connectivity index (χ1) is 12.1. The molecule has 1 atom stereocenters. The van der Waals surface area contributed by atoms with Gasteiger partial charge in [0.1, 0.15) is 11.6 Å². The molecule has 2 N–H and O–H groups in total. The van der Waals surface area contributed by atoms with Crippen molar-refractivity contribution in [2.45, 2.75) is 25.8 Å². The standard InChI is InChI=1S/C19H21N5O/c1-12-21-11-17(24(12)2)13-5-6-14-10-22-18(9-15(14)8-13)23-19(25)16-4-3-7-20-16/h5-6,8-11,16,20H,3-4,7H2,1-2H3,(H,22,23,25)/t16-/m1/s1. The largest absolute Gasteiger partial charge is 0.331 e. The van der Waals surface area contributed by atoms with E-state index in [4.69, 9.17) is 0 Å². The van der Waals surface area contributed by atoms with Gasteiger partial charge in [0.05, 0.1) is 17.9 Å². The third-order valence-electron chi connectivity index (χ3n) is 4.87. The van der Waals surface area contributed by atoms with E-state index in [2.05, 4.69) is 37.3 Å². The van der Waals surface area contributed by atoms with E-state index in [1.807, 2.05) is 32.3 Å². The summed E-state index contributed by atoms with van der Waals surface area (Å²) in [6, 6.07) is 8.04. The van der Waals surface area contributed by atoms with Gasteiger partial charge in [-0.15, -0.1) is 0 Å². The molecule has 1 aromatic carbocycles. The molecular formula is C19H21N5O. The Labute approximate surface area is 146 Å². The van der Waals surface area contributed by atoms with E-state index in [1.54, 1.807) is 6.20 Å². The number of hydrogen-bond acceptors (Lipinski definition) is 4. The summed E-state index contributed by atoms with van der Waals surface area (Å²) in [7, 11) is 2.01. The van der Waals surface area contributed by atoms with E-state index < -0.39 is 0 Å². The van der Waals surface area contributed by atoms with Crippen LogP contribution in [-0.2, 0) is 11.8 Å². The number of benzene rings is 1. The van der Waals surface area contributed by atoms with Gasteiger partial charge in [0.15, 0.2) is 0 Å². The number of pyridine rings is 1. The molecule has 1 saturated heterocycles. The van der Waals surface area contributed by atoms with E-state index in [9.17, 15) is 4.79 Å². The molecule has 3 heterocycles. The van der Waals surface area contributed by atoms with Crippen molar-refractivity contribution in [2.75, 3.05) is 11.9 Å². The number of nitrogens with zero attached hydrogens (tertiary/aromatic N) is 3. The predicted molar refractivity (Wildman–Crippen MR) is 98.3 cm³/mol. The lowest BCUT2D eigenvalue weighted by Crippen LogP contribution is -2.35. The molecule has 0 saturated carbocycles. The van der Waals surface area contributed by atoms with Crippen molar-refractivity contribution in [1.82, 2.24) is 19.9 Å². The quantitative estimate of drug-likeness (QED) is 0.772. The van der Waals surface area contributed by atoms with Crippen LogP contribution in [0, 0.1) is 6.92 Å². The smallest absolute Gasteiger partial charge is 0.242 e. The van der Waals surface area contributed by atoms with Crippen LogP contribution in [0.15, 0.2) is 36.7 Å². The van der Waals surface area contributed by atoms with Crippen LogP contribution < -0.4 is 10.6 Å². The number of carbonyl (C=O) groups is 1. The molecule has 1 amide bonds. The number of aryl methyl sites for hydroxylation is 1. The normalized spacial score (nSPS) is 17.1. The number of aromatic nitrogens is 3. The fourth-order valence-electron chi connectivity index (χ4n) is 3.26. The molecular weight excluding hydrogens is 314 g/mol. The molecule has 0 radical (unpaired) electrons. The minimum atomic E-state index is -0.110. The third-order valence-corrected chi connectivity index (χ3v) is 4.87. The molecule has 128 valence electrons. The molecule has 0 unspecified atom stereocenters. The van der Waals surface area contributed by atoms with Crippen molar-refractivity contribution in [3.05, 3.63) is 42.5 Å². The van der Waals surface area contributed by atoms with Crippen LogP contribution in [0.1, 0.15) is 18.7 Å². The van der Waals surface area contributed by atoms with Crippen LogP contribution in [-0.4, -0.2) is 33.0 Å². The number of amides is 1. The summed E-state index contributed by atoms with van der Waals surface area (Å²) in [5, 5.41) is 8.21. The van der Waals surface area contributed by atoms with Gasteiger partial charge >= 0.3 is 0 Å². The molecule has 4 rings (SSSR count). The zero-order chi connectivity index (χ0) is 17.4. The van der Waals surface area contributed by atoms with Crippen molar-refractivity contribution in [3.63, 3.8) is 0 Å². The first-order valence-corrected chi connectivity index (χ1v) is 8.54. The van der Waals surface area contributed by atoms with Gasteiger partial charge in [-0.05, 0) is 43.8 Å². The maximum atomic E-state index is 12.3.